The maximum absolute atomic E-state index is 12.0. The fourth-order valence-electron chi connectivity index (χ4n) is 1.91. The monoisotopic (exact) mass is 351 g/mol. The van der Waals surface area contributed by atoms with Crippen molar-refractivity contribution in [3.05, 3.63) is 47.0 Å². The molecule has 0 atom stereocenters. The summed E-state index contributed by atoms with van der Waals surface area (Å²) in [5.74, 6) is -0.318. The number of nitriles is 2. The Kier molecular flexibility index (Phi) is 5.72. The van der Waals surface area contributed by atoms with E-state index in [1.807, 2.05) is 12.1 Å². The van der Waals surface area contributed by atoms with Crippen LogP contribution in [0.4, 0.5) is 11.5 Å². The van der Waals surface area contributed by atoms with E-state index >= 15 is 0 Å². The summed E-state index contributed by atoms with van der Waals surface area (Å²) in [6.07, 6.45) is 0. The maximum Gasteiger partial charge on any atom is 0.234 e. The Balaban J connectivity index is 2.03. The van der Waals surface area contributed by atoms with Gasteiger partial charge in [0, 0.05) is 11.3 Å². The van der Waals surface area contributed by atoms with Crippen molar-refractivity contribution in [1.82, 2.24) is 4.98 Å². The number of carbonyl (C=O) groups is 2. The second-order valence-corrected chi connectivity index (χ2v) is 5.93. The predicted octanol–water partition coefficient (Wildman–Crippen LogP) is 2.34. The first-order valence-corrected chi connectivity index (χ1v) is 8.07. The van der Waals surface area contributed by atoms with Crippen molar-refractivity contribution in [2.45, 2.75) is 11.9 Å². The number of rotatable bonds is 5. The molecule has 2 rings (SSSR count). The zero-order valence-corrected chi connectivity index (χ0v) is 14.1. The van der Waals surface area contributed by atoms with E-state index in [0.29, 0.717) is 16.3 Å². The first-order valence-electron chi connectivity index (χ1n) is 7.09. The summed E-state index contributed by atoms with van der Waals surface area (Å²) in [7, 11) is 0. The Morgan fingerprint density at radius 2 is 1.84 bits per heavy atom. The van der Waals surface area contributed by atoms with E-state index in [-0.39, 0.29) is 34.4 Å². The second kappa shape index (κ2) is 7.95. The summed E-state index contributed by atoms with van der Waals surface area (Å²) in [4.78, 5) is 27.2. The smallest absolute Gasteiger partial charge is 0.234 e. The molecule has 0 radical (unpaired) electrons. The molecule has 8 heteroatoms. The average Bonchev–Trinajstić information content (AvgIpc) is 2.60. The van der Waals surface area contributed by atoms with Crippen LogP contribution in [0.2, 0.25) is 0 Å². The van der Waals surface area contributed by atoms with Crippen molar-refractivity contribution in [2.24, 2.45) is 0 Å². The molecule has 2 aromatic rings. The van der Waals surface area contributed by atoms with Crippen LogP contribution in [0.25, 0.3) is 0 Å². The van der Waals surface area contributed by atoms with Gasteiger partial charge in [0.15, 0.2) is 5.78 Å². The summed E-state index contributed by atoms with van der Waals surface area (Å²) in [6.45, 7) is 1.47. The van der Waals surface area contributed by atoms with Gasteiger partial charge in [-0.1, -0.05) is 11.8 Å². The van der Waals surface area contributed by atoms with E-state index in [1.165, 1.54) is 13.0 Å². The zero-order chi connectivity index (χ0) is 18.4. The van der Waals surface area contributed by atoms with Gasteiger partial charge in [0.25, 0.3) is 0 Å². The lowest BCUT2D eigenvalue weighted by atomic mass is 10.1. The van der Waals surface area contributed by atoms with Crippen molar-refractivity contribution in [3.63, 3.8) is 0 Å². The molecule has 0 unspecified atom stereocenters. The molecule has 3 N–H and O–H groups in total. The topological polar surface area (TPSA) is 133 Å². The fourth-order valence-corrected chi connectivity index (χ4v) is 2.67. The van der Waals surface area contributed by atoms with Crippen LogP contribution in [0.1, 0.15) is 28.4 Å². The largest absolute Gasteiger partial charge is 0.383 e. The van der Waals surface area contributed by atoms with Gasteiger partial charge in [0.05, 0.1) is 16.9 Å². The minimum Gasteiger partial charge on any atom is -0.383 e. The Hall–Kier alpha value is -3.36. The third-order valence-electron chi connectivity index (χ3n) is 3.17. The first-order chi connectivity index (χ1) is 11.9. The molecule has 0 aliphatic rings. The highest BCUT2D eigenvalue weighted by molar-refractivity contribution is 8.00. The molecular weight excluding hydrogens is 338 g/mol. The number of aromatic nitrogens is 1. The number of hydrogen-bond acceptors (Lipinski definition) is 7. The van der Waals surface area contributed by atoms with Gasteiger partial charge in [-0.15, -0.1) is 0 Å². The van der Waals surface area contributed by atoms with Crippen LogP contribution in [-0.4, -0.2) is 22.4 Å². The summed E-state index contributed by atoms with van der Waals surface area (Å²) < 4.78 is 0. The number of pyridine rings is 1. The molecule has 0 bridgehead atoms. The molecule has 0 spiro atoms. The molecule has 0 saturated heterocycles. The van der Waals surface area contributed by atoms with E-state index in [2.05, 4.69) is 10.3 Å². The molecule has 0 aliphatic heterocycles. The van der Waals surface area contributed by atoms with Gasteiger partial charge in [-0.05, 0) is 37.3 Å². The Morgan fingerprint density at radius 3 is 2.40 bits per heavy atom. The van der Waals surface area contributed by atoms with Crippen LogP contribution in [-0.2, 0) is 4.79 Å². The van der Waals surface area contributed by atoms with E-state index in [4.69, 9.17) is 16.3 Å². The van der Waals surface area contributed by atoms with Crippen molar-refractivity contribution >= 4 is 35.0 Å². The van der Waals surface area contributed by atoms with E-state index in [1.54, 1.807) is 24.3 Å². The molecule has 1 aromatic heterocycles. The summed E-state index contributed by atoms with van der Waals surface area (Å²) in [5.41, 5.74) is 7.07. The third-order valence-corrected chi connectivity index (χ3v) is 4.16. The van der Waals surface area contributed by atoms with Crippen molar-refractivity contribution in [1.29, 1.82) is 10.5 Å². The highest BCUT2D eigenvalue weighted by Gasteiger charge is 2.12. The number of nitrogens with two attached hydrogens (primary N) is 1. The maximum atomic E-state index is 12.0. The second-order valence-electron chi connectivity index (χ2n) is 4.97. The standard InChI is InChI=1S/C17H13N5O2S/c1-10(23)11-2-4-14(5-3-11)21-15(24)9-25-17-13(8-19)6-12(7-18)16(20)22-17/h2-6H,9H2,1H3,(H2,20,22)(H,21,24). The van der Waals surface area contributed by atoms with Crippen LogP contribution in [0.15, 0.2) is 35.4 Å². The SMILES string of the molecule is CC(=O)c1ccc(NC(=O)CSc2nc(N)c(C#N)cc2C#N)cc1. The number of hydrogen-bond donors (Lipinski definition) is 2. The minimum absolute atomic E-state index is 0.0154. The van der Waals surface area contributed by atoms with E-state index in [9.17, 15) is 9.59 Å². The normalized spacial score (nSPS) is 9.72. The summed E-state index contributed by atoms with van der Waals surface area (Å²) >= 11 is 1.05. The highest BCUT2D eigenvalue weighted by Crippen LogP contribution is 2.24. The lowest BCUT2D eigenvalue weighted by molar-refractivity contribution is -0.113. The van der Waals surface area contributed by atoms with Crippen LogP contribution in [0, 0.1) is 22.7 Å². The zero-order valence-electron chi connectivity index (χ0n) is 13.2. The lowest BCUT2D eigenvalue weighted by Crippen LogP contribution is -2.14. The highest BCUT2D eigenvalue weighted by atomic mass is 32.2. The van der Waals surface area contributed by atoms with Gasteiger partial charge < -0.3 is 11.1 Å². The van der Waals surface area contributed by atoms with Crippen LogP contribution >= 0.6 is 11.8 Å². The fraction of sp³-hybridized carbons (Fsp3) is 0.118. The number of nitrogens with one attached hydrogen (secondary N) is 1. The van der Waals surface area contributed by atoms with Crippen molar-refractivity contribution < 1.29 is 9.59 Å². The first kappa shape index (κ1) is 18.0. The van der Waals surface area contributed by atoms with Gasteiger partial charge >= 0.3 is 0 Å². The van der Waals surface area contributed by atoms with Crippen LogP contribution in [0.3, 0.4) is 0 Å². The number of Topliss-reactive ketones (excluding diaryl/α,β-unsaturated/α-hetero) is 1. The van der Waals surface area contributed by atoms with E-state index < -0.39 is 0 Å². The van der Waals surface area contributed by atoms with Crippen molar-refractivity contribution in [2.75, 3.05) is 16.8 Å². The molecule has 124 valence electrons. The number of amides is 1. The van der Waals surface area contributed by atoms with Gasteiger partial charge in [-0.25, -0.2) is 4.98 Å². The Bertz CT molecular complexity index is 910. The van der Waals surface area contributed by atoms with Crippen LogP contribution in [0.5, 0.6) is 0 Å². The predicted molar refractivity (Wildman–Crippen MR) is 93.9 cm³/mol. The van der Waals surface area contributed by atoms with Gasteiger partial charge in [-0.3, -0.25) is 9.59 Å². The molecule has 1 amide bonds. The lowest BCUT2D eigenvalue weighted by Gasteiger charge is -2.07. The number of nitrogens with zero attached hydrogens (tertiary/aromatic N) is 3. The molecule has 0 saturated carbocycles. The number of ketones is 1. The number of benzene rings is 1. The van der Waals surface area contributed by atoms with E-state index in [0.717, 1.165) is 11.8 Å². The van der Waals surface area contributed by atoms with Gasteiger partial charge in [0.1, 0.15) is 23.0 Å². The molecule has 1 heterocycles. The average molecular weight is 351 g/mol. The third kappa shape index (κ3) is 4.56. The molecule has 1 aromatic carbocycles. The molecule has 0 aliphatic carbocycles. The quantitative estimate of drug-likeness (QED) is 0.624. The molecule has 7 nitrogen and oxygen atoms in total. The molecule has 25 heavy (non-hydrogen) atoms. The minimum atomic E-state index is -0.297. The molecule has 0 fully saturated rings. The Morgan fingerprint density at radius 1 is 1.20 bits per heavy atom. The van der Waals surface area contributed by atoms with Gasteiger partial charge in [-0.2, -0.15) is 10.5 Å². The number of thioether (sulfide) groups is 1. The number of carbonyl (C=O) groups excluding carboxylic acids is 2. The van der Waals surface area contributed by atoms with Crippen LogP contribution < -0.4 is 11.1 Å². The summed E-state index contributed by atoms with van der Waals surface area (Å²) in [6, 6.07) is 11.7. The number of nitrogen functional groups attached to an aromatic ring is 1. The molecular formula is C17H13N5O2S. The van der Waals surface area contributed by atoms with Crippen molar-refractivity contribution in [3.8, 4) is 12.1 Å². The summed E-state index contributed by atoms with van der Waals surface area (Å²) in [5, 5.41) is 21.0. The Labute approximate surface area is 148 Å². The number of anilines is 2. The van der Waals surface area contributed by atoms with Gasteiger partial charge in [0.2, 0.25) is 5.91 Å².